The maximum atomic E-state index is 13.6. The predicted octanol–water partition coefficient (Wildman–Crippen LogP) is 2.36. The minimum Gasteiger partial charge on any atom is -0.381 e. The van der Waals surface area contributed by atoms with Crippen LogP contribution in [0.2, 0.25) is 0 Å². The van der Waals surface area contributed by atoms with E-state index in [0.717, 1.165) is 5.56 Å². The summed E-state index contributed by atoms with van der Waals surface area (Å²) in [5, 5.41) is 7.95. The maximum absolute atomic E-state index is 13.6. The number of nitrogens with one attached hydrogen (secondary N) is 2. The van der Waals surface area contributed by atoms with E-state index in [2.05, 4.69) is 10.0 Å². The summed E-state index contributed by atoms with van der Waals surface area (Å²) >= 11 is 0. The lowest BCUT2D eigenvalue weighted by atomic mass is 10.1. The van der Waals surface area contributed by atoms with Crippen molar-refractivity contribution in [3.8, 4) is 0 Å². The molecule has 0 saturated carbocycles. The van der Waals surface area contributed by atoms with Crippen LogP contribution < -0.4 is 15.2 Å². The predicted molar refractivity (Wildman–Crippen MR) is 81.6 cm³/mol. The number of rotatable bonds is 5. The van der Waals surface area contributed by atoms with Crippen molar-refractivity contribution < 1.29 is 12.8 Å². The number of benzene rings is 2. The maximum Gasteiger partial charge on any atom is 0.296 e. The number of halogens is 1. The average Bonchev–Trinajstić information content (AvgIpc) is 2.38. The quantitative estimate of drug-likeness (QED) is 0.792. The Kier molecular flexibility index (Phi) is 4.44. The smallest absolute Gasteiger partial charge is 0.296 e. The molecule has 0 bridgehead atoms. The summed E-state index contributed by atoms with van der Waals surface area (Å²) in [7, 11) is -3.81. The second-order valence-corrected chi connectivity index (χ2v) is 5.97. The molecule has 0 saturated heterocycles. The molecule has 0 atom stereocenters. The molecule has 0 fully saturated rings. The van der Waals surface area contributed by atoms with Crippen molar-refractivity contribution in [2.75, 3.05) is 10.0 Å². The van der Waals surface area contributed by atoms with Gasteiger partial charge in [-0.25, -0.2) is 9.53 Å². The third-order valence-electron chi connectivity index (χ3n) is 2.81. The fourth-order valence-electron chi connectivity index (χ4n) is 1.89. The van der Waals surface area contributed by atoms with Crippen molar-refractivity contribution in [2.24, 2.45) is 5.14 Å². The van der Waals surface area contributed by atoms with Gasteiger partial charge in [0.25, 0.3) is 10.2 Å². The molecule has 0 aromatic heterocycles. The van der Waals surface area contributed by atoms with E-state index >= 15 is 0 Å². The van der Waals surface area contributed by atoms with Gasteiger partial charge in [-0.2, -0.15) is 8.42 Å². The molecule has 2 rings (SSSR count). The Balaban J connectivity index is 2.10. The van der Waals surface area contributed by atoms with Crippen molar-refractivity contribution in [3.05, 3.63) is 59.4 Å². The van der Waals surface area contributed by atoms with Crippen LogP contribution in [-0.2, 0) is 16.8 Å². The van der Waals surface area contributed by atoms with E-state index in [-0.39, 0.29) is 5.82 Å². The molecule has 0 radical (unpaired) electrons. The number of nitrogens with two attached hydrogens (primary N) is 1. The van der Waals surface area contributed by atoms with Crippen molar-refractivity contribution >= 4 is 21.6 Å². The van der Waals surface area contributed by atoms with Crippen LogP contribution in [0, 0.1) is 12.7 Å². The van der Waals surface area contributed by atoms with Crippen LogP contribution in [-0.4, -0.2) is 8.42 Å². The lowest BCUT2D eigenvalue weighted by Gasteiger charge is -2.10. The molecule has 0 amide bonds. The zero-order valence-electron chi connectivity index (χ0n) is 11.4. The van der Waals surface area contributed by atoms with E-state index in [1.807, 2.05) is 6.92 Å². The summed E-state index contributed by atoms with van der Waals surface area (Å²) in [5.41, 5.74) is 2.51. The topological polar surface area (TPSA) is 84.2 Å². The summed E-state index contributed by atoms with van der Waals surface area (Å²) < 4.78 is 37.7. The first-order valence-electron chi connectivity index (χ1n) is 6.23. The second kappa shape index (κ2) is 6.11. The lowest BCUT2D eigenvalue weighted by molar-refractivity contribution is 0.603. The zero-order valence-corrected chi connectivity index (χ0v) is 12.2. The molecule has 0 heterocycles. The minimum absolute atomic E-state index is 0.285. The summed E-state index contributed by atoms with van der Waals surface area (Å²) in [5.74, 6) is -0.285. The Bertz CT molecular complexity index is 748. The van der Waals surface area contributed by atoms with E-state index in [4.69, 9.17) is 5.14 Å². The molecule has 5 nitrogen and oxygen atoms in total. The van der Waals surface area contributed by atoms with Gasteiger partial charge in [0.05, 0.1) is 5.69 Å². The largest absolute Gasteiger partial charge is 0.381 e. The molecule has 2 aromatic carbocycles. The van der Waals surface area contributed by atoms with Crippen LogP contribution in [0.4, 0.5) is 15.8 Å². The Labute approximate surface area is 123 Å². The van der Waals surface area contributed by atoms with Crippen molar-refractivity contribution in [1.29, 1.82) is 0 Å². The summed E-state index contributed by atoms with van der Waals surface area (Å²) in [4.78, 5) is 0. The minimum atomic E-state index is -3.81. The Hall–Kier alpha value is -2.12. The average molecular weight is 309 g/mol. The molecule has 112 valence electrons. The lowest BCUT2D eigenvalue weighted by Crippen LogP contribution is -2.21. The summed E-state index contributed by atoms with van der Waals surface area (Å²) in [6, 6.07) is 11.5. The molecule has 7 heteroatoms. The van der Waals surface area contributed by atoms with Gasteiger partial charge >= 0.3 is 0 Å². The number of aryl methyl sites for hydroxylation is 1. The standard InChI is InChI=1S/C14H16FN3O2S/c1-10-5-6-14(15)11(7-10)9-17-12-3-2-4-13(8-12)18-21(16,19)20/h2-8,17-18H,9H2,1H3,(H2,16,19,20). The van der Waals surface area contributed by atoms with Crippen LogP contribution in [0.25, 0.3) is 0 Å². The number of hydrogen-bond acceptors (Lipinski definition) is 3. The van der Waals surface area contributed by atoms with Gasteiger partial charge in [-0.05, 0) is 31.2 Å². The molecule has 0 unspecified atom stereocenters. The molecule has 4 N–H and O–H groups in total. The third-order valence-corrected chi connectivity index (χ3v) is 3.33. The van der Waals surface area contributed by atoms with Gasteiger partial charge in [-0.3, -0.25) is 4.72 Å². The van der Waals surface area contributed by atoms with Gasteiger partial charge in [0, 0.05) is 17.8 Å². The van der Waals surface area contributed by atoms with Crippen molar-refractivity contribution in [1.82, 2.24) is 0 Å². The van der Waals surface area contributed by atoms with Gasteiger partial charge in [0.2, 0.25) is 0 Å². The highest BCUT2D eigenvalue weighted by Gasteiger charge is 2.05. The Morgan fingerprint density at radius 1 is 1.14 bits per heavy atom. The van der Waals surface area contributed by atoms with Crippen LogP contribution in [0.15, 0.2) is 42.5 Å². The van der Waals surface area contributed by atoms with Gasteiger partial charge in [0.1, 0.15) is 5.82 Å². The first kappa shape index (κ1) is 15.3. The van der Waals surface area contributed by atoms with Crippen LogP contribution in [0.1, 0.15) is 11.1 Å². The van der Waals surface area contributed by atoms with Crippen molar-refractivity contribution in [2.45, 2.75) is 13.5 Å². The van der Waals surface area contributed by atoms with E-state index in [1.54, 1.807) is 36.4 Å². The van der Waals surface area contributed by atoms with Crippen LogP contribution >= 0.6 is 0 Å². The van der Waals surface area contributed by atoms with E-state index in [1.165, 1.54) is 6.07 Å². The van der Waals surface area contributed by atoms with Gasteiger partial charge in [0.15, 0.2) is 0 Å². The fourth-order valence-corrected chi connectivity index (χ4v) is 2.35. The Morgan fingerprint density at radius 2 is 1.86 bits per heavy atom. The molecular weight excluding hydrogens is 293 g/mol. The highest BCUT2D eigenvalue weighted by molar-refractivity contribution is 7.90. The molecule has 21 heavy (non-hydrogen) atoms. The third kappa shape index (κ3) is 4.73. The van der Waals surface area contributed by atoms with Gasteiger partial charge in [-0.1, -0.05) is 23.8 Å². The number of hydrogen-bond donors (Lipinski definition) is 3. The fraction of sp³-hybridized carbons (Fsp3) is 0.143. The molecular formula is C14H16FN3O2S. The van der Waals surface area contributed by atoms with E-state index in [0.29, 0.717) is 23.5 Å². The number of anilines is 2. The first-order valence-corrected chi connectivity index (χ1v) is 7.77. The van der Waals surface area contributed by atoms with Crippen molar-refractivity contribution in [3.63, 3.8) is 0 Å². The van der Waals surface area contributed by atoms with Gasteiger partial charge < -0.3 is 5.32 Å². The monoisotopic (exact) mass is 309 g/mol. The first-order chi connectivity index (χ1) is 9.83. The zero-order chi connectivity index (χ0) is 15.5. The molecule has 0 aliphatic heterocycles. The molecule has 0 aliphatic rings. The normalized spacial score (nSPS) is 11.2. The highest BCUT2D eigenvalue weighted by Crippen LogP contribution is 2.18. The highest BCUT2D eigenvalue weighted by atomic mass is 32.2. The van der Waals surface area contributed by atoms with Crippen LogP contribution in [0.5, 0.6) is 0 Å². The SMILES string of the molecule is Cc1ccc(F)c(CNc2cccc(NS(N)(=O)=O)c2)c1. The van der Waals surface area contributed by atoms with Gasteiger partial charge in [-0.15, -0.1) is 0 Å². The Morgan fingerprint density at radius 3 is 2.57 bits per heavy atom. The summed E-state index contributed by atoms with van der Waals surface area (Å²) in [6.45, 7) is 2.19. The molecule has 2 aromatic rings. The van der Waals surface area contributed by atoms with E-state index in [9.17, 15) is 12.8 Å². The summed E-state index contributed by atoms with van der Waals surface area (Å²) in [6.07, 6.45) is 0. The van der Waals surface area contributed by atoms with Crippen LogP contribution in [0.3, 0.4) is 0 Å². The van der Waals surface area contributed by atoms with E-state index < -0.39 is 10.2 Å². The molecule has 0 spiro atoms. The second-order valence-electron chi connectivity index (χ2n) is 4.68. The molecule has 0 aliphatic carbocycles.